The van der Waals surface area contributed by atoms with Gasteiger partial charge in [-0.3, -0.25) is 9.59 Å². The first kappa shape index (κ1) is 16.7. The molecular formula is C18H19FN2O2. The summed E-state index contributed by atoms with van der Waals surface area (Å²) in [4.78, 5) is 25.4. The SMILES string of the molecule is CN(Cc1ccccc1)C(=O)CNC(=O)Cc1ccccc1F. The maximum Gasteiger partial charge on any atom is 0.242 e. The fraction of sp³-hybridized carbons (Fsp3) is 0.222. The molecule has 0 saturated carbocycles. The van der Waals surface area contributed by atoms with Crippen molar-refractivity contribution in [2.75, 3.05) is 13.6 Å². The van der Waals surface area contributed by atoms with Crippen molar-refractivity contribution in [2.45, 2.75) is 13.0 Å². The minimum Gasteiger partial charge on any atom is -0.347 e. The van der Waals surface area contributed by atoms with Crippen LogP contribution in [0.4, 0.5) is 4.39 Å². The summed E-state index contributed by atoms with van der Waals surface area (Å²) < 4.78 is 13.5. The van der Waals surface area contributed by atoms with E-state index in [0.29, 0.717) is 12.1 Å². The number of benzene rings is 2. The fourth-order valence-electron chi connectivity index (χ4n) is 2.13. The van der Waals surface area contributed by atoms with E-state index < -0.39 is 5.82 Å². The van der Waals surface area contributed by atoms with Gasteiger partial charge in [0.15, 0.2) is 0 Å². The van der Waals surface area contributed by atoms with E-state index in [1.165, 1.54) is 6.07 Å². The Kier molecular flexibility index (Phi) is 5.86. The molecule has 2 rings (SSSR count). The van der Waals surface area contributed by atoms with Crippen LogP contribution >= 0.6 is 0 Å². The van der Waals surface area contributed by atoms with Crippen LogP contribution < -0.4 is 5.32 Å². The molecule has 2 aromatic rings. The van der Waals surface area contributed by atoms with Crippen LogP contribution in [0.2, 0.25) is 0 Å². The van der Waals surface area contributed by atoms with E-state index in [-0.39, 0.29) is 24.8 Å². The van der Waals surface area contributed by atoms with Gasteiger partial charge in [0.05, 0.1) is 13.0 Å². The van der Waals surface area contributed by atoms with Crippen molar-refractivity contribution >= 4 is 11.8 Å². The summed E-state index contributed by atoms with van der Waals surface area (Å²) in [5.74, 6) is -0.998. The molecule has 0 aliphatic carbocycles. The van der Waals surface area contributed by atoms with Gasteiger partial charge in [0, 0.05) is 13.6 Å². The van der Waals surface area contributed by atoms with Crippen LogP contribution in [-0.4, -0.2) is 30.3 Å². The minimum atomic E-state index is -0.421. The van der Waals surface area contributed by atoms with Crippen molar-refractivity contribution in [3.63, 3.8) is 0 Å². The van der Waals surface area contributed by atoms with E-state index in [4.69, 9.17) is 0 Å². The van der Waals surface area contributed by atoms with Gasteiger partial charge in [0.2, 0.25) is 11.8 Å². The third-order valence-corrected chi connectivity index (χ3v) is 3.43. The first-order valence-corrected chi connectivity index (χ1v) is 7.34. The summed E-state index contributed by atoms with van der Waals surface area (Å²) in [5.41, 5.74) is 1.33. The highest BCUT2D eigenvalue weighted by atomic mass is 19.1. The van der Waals surface area contributed by atoms with Gasteiger partial charge < -0.3 is 10.2 Å². The molecule has 0 aliphatic rings. The average Bonchev–Trinajstić information content (AvgIpc) is 2.55. The van der Waals surface area contributed by atoms with Gasteiger partial charge in [-0.25, -0.2) is 4.39 Å². The smallest absolute Gasteiger partial charge is 0.242 e. The van der Waals surface area contributed by atoms with E-state index in [2.05, 4.69) is 5.32 Å². The largest absolute Gasteiger partial charge is 0.347 e. The molecule has 4 nitrogen and oxygen atoms in total. The summed E-state index contributed by atoms with van der Waals surface area (Å²) in [5, 5.41) is 2.53. The second kappa shape index (κ2) is 8.08. The monoisotopic (exact) mass is 314 g/mol. The molecule has 0 spiro atoms. The summed E-state index contributed by atoms with van der Waals surface area (Å²) in [6.45, 7) is 0.374. The normalized spacial score (nSPS) is 10.2. The molecule has 0 aromatic heterocycles. The number of hydrogen-bond donors (Lipinski definition) is 1. The lowest BCUT2D eigenvalue weighted by Gasteiger charge is -2.17. The minimum absolute atomic E-state index is 0.0810. The standard InChI is InChI=1S/C18H19FN2O2/c1-21(13-14-7-3-2-4-8-14)18(23)12-20-17(22)11-15-9-5-6-10-16(15)19/h2-10H,11-13H2,1H3,(H,20,22). The van der Waals surface area contributed by atoms with E-state index in [1.54, 1.807) is 30.1 Å². The average molecular weight is 314 g/mol. The Morgan fingerprint density at radius 3 is 2.39 bits per heavy atom. The lowest BCUT2D eigenvalue weighted by Crippen LogP contribution is -2.38. The number of halogens is 1. The van der Waals surface area contributed by atoms with Crippen LogP contribution in [0, 0.1) is 5.82 Å². The third-order valence-electron chi connectivity index (χ3n) is 3.43. The van der Waals surface area contributed by atoms with E-state index in [0.717, 1.165) is 5.56 Å². The first-order chi connectivity index (χ1) is 11.1. The summed E-state index contributed by atoms with van der Waals surface area (Å²) in [7, 11) is 1.68. The first-order valence-electron chi connectivity index (χ1n) is 7.34. The highest BCUT2D eigenvalue weighted by Crippen LogP contribution is 2.07. The topological polar surface area (TPSA) is 49.4 Å². The lowest BCUT2D eigenvalue weighted by atomic mass is 10.1. The molecule has 2 amide bonds. The van der Waals surface area contributed by atoms with Gasteiger partial charge in [0.1, 0.15) is 5.82 Å². The predicted molar refractivity (Wildman–Crippen MR) is 86.0 cm³/mol. The Bertz CT molecular complexity index is 674. The molecule has 2 aromatic carbocycles. The number of carbonyl (C=O) groups is 2. The maximum absolute atomic E-state index is 13.5. The van der Waals surface area contributed by atoms with E-state index in [9.17, 15) is 14.0 Å². The molecule has 0 bridgehead atoms. The molecule has 23 heavy (non-hydrogen) atoms. The van der Waals surface area contributed by atoms with Crippen molar-refractivity contribution in [3.05, 3.63) is 71.5 Å². The summed E-state index contributed by atoms with van der Waals surface area (Å²) in [6.07, 6.45) is -0.0810. The highest BCUT2D eigenvalue weighted by Gasteiger charge is 2.12. The number of hydrogen-bond acceptors (Lipinski definition) is 2. The lowest BCUT2D eigenvalue weighted by molar-refractivity contribution is -0.132. The Labute approximate surface area is 134 Å². The van der Waals surface area contributed by atoms with E-state index in [1.807, 2.05) is 30.3 Å². The summed E-state index contributed by atoms with van der Waals surface area (Å²) in [6, 6.07) is 15.7. The Morgan fingerprint density at radius 1 is 1.04 bits per heavy atom. The zero-order chi connectivity index (χ0) is 16.7. The molecule has 0 unspecified atom stereocenters. The molecule has 120 valence electrons. The van der Waals surface area contributed by atoms with Crippen LogP contribution in [0.1, 0.15) is 11.1 Å². The number of amides is 2. The number of likely N-dealkylation sites (N-methyl/N-ethyl adjacent to an activating group) is 1. The molecule has 0 heterocycles. The van der Waals surface area contributed by atoms with E-state index >= 15 is 0 Å². The Hall–Kier alpha value is -2.69. The Balaban J connectivity index is 1.79. The molecule has 1 N–H and O–H groups in total. The quantitative estimate of drug-likeness (QED) is 0.888. The zero-order valence-corrected chi connectivity index (χ0v) is 13.0. The van der Waals surface area contributed by atoms with Gasteiger partial charge in [-0.15, -0.1) is 0 Å². The van der Waals surface area contributed by atoms with Crippen LogP contribution in [0.5, 0.6) is 0 Å². The van der Waals surface area contributed by atoms with Gasteiger partial charge >= 0.3 is 0 Å². The van der Waals surface area contributed by atoms with Gasteiger partial charge in [-0.2, -0.15) is 0 Å². The summed E-state index contributed by atoms with van der Waals surface area (Å²) >= 11 is 0. The fourth-order valence-corrected chi connectivity index (χ4v) is 2.13. The number of carbonyl (C=O) groups excluding carboxylic acids is 2. The number of nitrogens with one attached hydrogen (secondary N) is 1. The Morgan fingerprint density at radius 2 is 1.70 bits per heavy atom. The van der Waals surface area contributed by atoms with Crippen LogP contribution in [-0.2, 0) is 22.6 Å². The molecule has 0 saturated heterocycles. The maximum atomic E-state index is 13.5. The van der Waals surface area contributed by atoms with Crippen molar-refractivity contribution in [1.82, 2.24) is 10.2 Å². The molecule has 0 aliphatic heterocycles. The molecule has 0 atom stereocenters. The number of rotatable bonds is 6. The number of nitrogens with zero attached hydrogens (tertiary/aromatic N) is 1. The highest BCUT2D eigenvalue weighted by molar-refractivity contribution is 5.85. The van der Waals surface area contributed by atoms with Gasteiger partial charge in [0.25, 0.3) is 0 Å². The zero-order valence-electron chi connectivity index (χ0n) is 13.0. The van der Waals surface area contributed by atoms with Crippen LogP contribution in [0.3, 0.4) is 0 Å². The molecule has 0 radical (unpaired) electrons. The third kappa shape index (κ3) is 5.21. The second-order valence-electron chi connectivity index (χ2n) is 5.28. The molecule has 0 fully saturated rings. The van der Waals surface area contributed by atoms with Crippen LogP contribution in [0.25, 0.3) is 0 Å². The predicted octanol–water partition coefficient (Wildman–Crippen LogP) is 2.14. The van der Waals surface area contributed by atoms with Crippen molar-refractivity contribution in [1.29, 1.82) is 0 Å². The van der Waals surface area contributed by atoms with Gasteiger partial charge in [-0.05, 0) is 17.2 Å². The van der Waals surface area contributed by atoms with Crippen molar-refractivity contribution in [3.8, 4) is 0 Å². The second-order valence-corrected chi connectivity index (χ2v) is 5.28. The van der Waals surface area contributed by atoms with Crippen LogP contribution in [0.15, 0.2) is 54.6 Å². The van der Waals surface area contributed by atoms with Gasteiger partial charge in [-0.1, -0.05) is 48.5 Å². The molecular weight excluding hydrogens is 295 g/mol. The molecule has 5 heteroatoms. The van der Waals surface area contributed by atoms with Crippen molar-refractivity contribution in [2.24, 2.45) is 0 Å². The van der Waals surface area contributed by atoms with Crippen molar-refractivity contribution < 1.29 is 14.0 Å².